The van der Waals surface area contributed by atoms with E-state index in [2.05, 4.69) is 22.8 Å². The van der Waals surface area contributed by atoms with Gasteiger partial charge in [0.15, 0.2) is 0 Å². The van der Waals surface area contributed by atoms with Gasteiger partial charge in [0, 0.05) is 31.2 Å². The maximum absolute atomic E-state index is 12.7. The molecule has 0 spiro atoms. The molecule has 2 N–H and O–H groups in total. The smallest absolute Gasteiger partial charge is 0.241 e. The van der Waals surface area contributed by atoms with Crippen molar-refractivity contribution in [1.82, 2.24) is 20.7 Å². The molecule has 2 unspecified atom stereocenters. The van der Waals surface area contributed by atoms with Gasteiger partial charge in [-0.3, -0.25) is 15.2 Å². The third-order valence-corrected chi connectivity index (χ3v) is 4.74. The van der Waals surface area contributed by atoms with Gasteiger partial charge >= 0.3 is 0 Å². The van der Waals surface area contributed by atoms with Crippen LogP contribution in [-0.4, -0.2) is 42.0 Å². The molecule has 0 aliphatic carbocycles. The fourth-order valence-corrected chi connectivity index (χ4v) is 3.43. The maximum Gasteiger partial charge on any atom is 0.241 e. The number of hydrazine groups is 1. The van der Waals surface area contributed by atoms with Crippen LogP contribution in [-0.2, 0) is 11.3 Å². The Hall–Kier alpha value is -2.18. The van der Waals surface area contributed by atoms with E-state index >= 15 is 0 Å². The Balaban J connectivity index is 1.74. The van der Waals surface area contributed by atoms with Gasteiger partial charge in [-0.15, -0.1) is 0 Å². The summed E-state index contributed by atoms with van der Waals surface area (Å²) in [7, 11) is 3.49. The molecule has 1 aromatic heterocycles. The van der Waals surface area contributed by atoms with Gasteiger partial charge in [0.1, 0.15) is 17.3 Å². The average Bonchev–Trinajstić information content (AvgIpc) is 3.10. The van der Waals surface area contributed by atoms with Crippen molar-refractivity contribution >= 4 is 16.8 Å². The van der Waals surface area contributed by atoms with E-state index in [9.17, 15) is 4.79 Å². The van der Waals surface area contributed by atoms with Gasteiger partial charge < -0.3 is 9.64 Å². The number of carbonyl (C=O) groups is 1. The number of ether oxygens (including phenoxy) is 1. The molecule has 2 aromatic rings. The summed E-state index contributed by atoms with van der Waals surface area (Å²) in [6.45, 7) is 2.70. The molecule has 1 aliphatic rings. The van der Waals surface area contributed by atoms with Crippen molar-refractivity contribution in [3.63, 3.8) is 0 Å². The van der Waals surface area contributed by atoms with Crippen molar-refractivity contribution in [2.24, 2.45) is 0 Å². The molecule has 2 atom stereocenters. The van der Waals surface area contributed by atoms with Gasteiger partial charge in [-0.1, -0.05) is 25.5 Å². The van der Waals surface area contributed by atoms with Crippen molar-refractivity contribution in [2.75, 3.05) is 14.2 Å². The molecule has 6 heteroatoms. The predicted octanol–water partition coefficient (Wildman–Crippen LogP) is 2.24. The lowest BCUT2D eigenvalue weighted by molar-refractivity contribution is -0.132. The first-order valence-electron chi connectivity index (χ1n) is 8.80. The highest BCUT2D eigenvalue weighted by molar-refractivity contribution is 5.88. The molecule has 1 aliphatic heterocycles. The van der Waals surface area contributed by atoms with Crippen LogP contribution in [0.4, 0.5) is 0 Å². The summed E-state index contributed by atoms with van der Waals surface area (Å²) in [4.78, 5) is 18.9. The molecule has 134 valence electrons. The van der Waals surface area contributed by atoms with Crippen LogP contribution in [0.1, 0.15) is 31.7 Å². The molecule has 1 amide bonds. The Morgan fingerprint density at radius 3 is 2.96 bits per heavy atom. The first kappa shape index (κ1) is 17.6. The van der Waals surface area contributed by atoms with Crippen LogP contribution >= 0.6 is 0 Å². The van der Waals surface area contributed by atoms with Gasteiger partial charge in [0.05, 0.1) is 7.11 Å². The van der Waals surface area contributed by atoms with E-state index in [1.54, 1.807) is 18.2 Å². The van der Waals surface area contributed by atoms with Crippen LogP contribution < -0.4 is 15.6 Å². The first-order valence-corrected chi connectivity index (χ1v) is 8.80. The fraction of sp³-hybridized carbons (Fsp3) is 0.474. The van der Waals surface area contributed by atoms with E-state index < -0.39 is 0 Å². The first-order chi connectivity index (χ1) is 12.1. The molecular weight excluding hydrogens is 316 g/mol. The molecular formula is C19H26N4O2. The third kappa shape index (κ3) is 3.75. The molecule has 0 saturated carbocycles. The number of pyridine rings is 1. The lowest BCUT2D eigenvalue weighted by Gasteiger charge is -2.22. The van der Waals surface area contributed by atoms with E-state index in [0.29, 0.717) is 12.6 Å². The number of hydrogen-bond acceptors (Lipinski definition) is 5. The van der Waals surface area contributed by atoms with Crippen LogP contribution in [0.3, 0.4) is 0 Å². The molecule has 0 radical (unpaired) electrons. The van der Waals surface area contributed by atoms with Crippen molar-refractivity contribution < 1.29 is 9.53 Å². The zero-order valence-electron chi connectivity index (χ0n) is 15.1. The monoisotopic (exact) mass is 342 g/mol. The summed E-state index contributed by atoms with van der Waals surface area (Å²) in [6.07, 6.45) is 4.78. The number of methoxy groups -OCH3 is 1. The summed E-state index contributed by atoms with van der Waals surface area (Å²) in [5.41, 5.74) is 8.26. The second-order valence-electron chi connectivity index (χ2n) is 6.58. The number of benzene rings is 1. The van der Waals surface area contributed by atoms with Crippen LogP contribution in [0.15, 0.2) is 30.5 Å². The van der Waals surface area contributed by atoms with Crippen molar-refractivity contribution in [2.45, 2.75) is 44.8 Å². The number of hydrogen-bond donors (Lipinski definition) is 2. The minimum absolute atomic E-state index is 0.110. The highest BCUT2D eigenvalue weighted by Gasteiger charge is 2.30. The predicted molar refractivity (Wildman–Crippen MR) is 98.1 cm³/mol. The van der Waals surface area contributed by atoms with Gasteiger partial charge in [-0.2, -0.15) is 0 Å². The quantitative estimate of drug-likeness (QED) is 0.843. The molecule has 3 rings (SSSR count). The van der Waals surface area contributed by atoms with Crippen molar-refractivity contribution in [3.8, 4) is 5.75 Å². The normalized spacial score (nSPS) is 20.0. The van der Waals surface area contributed by atoms with Gasteiger partial charge in [-0.25, -0.2) is 5.43 Å². The minimum atomic E-state index is -0.163. The summed E-state index contributed by atoms with van der Waals surface area (Å²) in [5.74, 6) is 0.858. The third-order valence-electron chi connectivity index (χ3n) is 4.74. The number of nitrogens with zero attached hydrogens (tertiary/aromatic N) is 2. The van der Waals surface area contributed by atoms with E-state index in [-0.39, 0.29) is 11.9 Å². The van der Waals surface area contributed by atoms with E-state index in [4.69, 9.17) is 4.74 Å². The standard InChI is InChI=1S/C19H26N4O2/c1-4-6-14-11-16(22-21-14)19(24)23(2)12-13-8-9-17(25-3)18-15(13)7-5-10-20-18/h5,7-10,14,16,21-22H,4,6,11-12H2,1-3H3. The Labute approximate surface area is 148 Å². The molecule has 25 heavy (non-hydrogen) atoms. The van der Waals surface area contributed by atoms with Crippen LogP contribution in [0.5, 0.6) is 5.75 Å². The molecule has 0 bridgehead atoms. The Morgan fingerprint density at radius 2 is 2.20 bits per heavy atom. The molecule has 1 fully saturated rings. The number of aromatic nitrogens is 1. The lowest BCUT2D eigenvalue weighted by Crippen LogP contribution is -2.44. The van der Waals surface area contributed by atoms with Gasteiger partial charge in [0.25, 0.3) is 0 Å². The highest BCUT2D eigenvalue weighted by atomic mass is 16.5. The summed E-state index contributed by atoms with van der Waals surface area (Å²) >= 11 is 0. The number of amides is 1. The highest BCUT2D eigenvalue weighted by Crippen LogP contribution is 2.27. The second-order valence-corrected chi connectivity index (χ2v) is 6.58. The van der Waals surface area contributed by atoms with Crippen molar-refractivity contribution in [3.05, 3.63) is 36.0 Å². The Morgan fingerprint density at radius 1 is 1.36 bits per heavy atom. The number of nitrogens with one attached hydrogen (secondary N) is 2. The van der Waals surface area contributed by atoms with Crippen LogP contribution in [0.25, 0.3) is 10.9 Å². The van der Waals surface area contributed by atoms with E-state index in [1.807, 2.05) is 31.3 Å². The molecule has 1 aromatic carbocycles. The number of rotatable bonds is 6. The fourth-order valence-electron chi connectivity index (χ4n) is 3.43. The topological polar surface area (TPSA) is 66.5 Å². The SMILES string of the molecule is CCCC1CC(C(=O)N(C)Cc2ccc(OC)c3ncccc23)NN1. The van der Waals surface area contributed by atoms with Crippen LogP contribution in [0, 0.1) is 0 Å². The molecule has 2 heterocycles. The largest absolute Gasteiger partial charge is 0.494 e. The molecule has 1 saturated heterocycles. The lowest BCUT2D eigenvalue weighted by atomic mass is 10.0. The number of carbonyl (C=O) groups excluding carboxylic acids is 1. The summed E-state index contributed by atoms with van der Waals surface area (Å²) in [6, 6.07) is 8.06. The van der Waals surface area contributed by atoms with E-state index in [0.717, 1.165) is 41.5 Å². The van der Waals surface area contributed by atoms with E-state index in [1.165, 1.54) is 0 Å². The van der Waals surface area contributed by atoms with Gasteiger partial charge in [-0.05, 0) is 30.5 Å². The molecule has 6 nitrogen and oxygen atoms in total. The zero-order valence-corrected chi connectivity index (χ0v) is 15.1. The second kappa shape index (κ2) is 7.80. The average molecular weight is 342 g/mol. The Kier molecular flexibility index (Phi) is 5.50. The Bertz CT molecular complexity index is 749. The maximum atomic E-state index is 12.7. The summed E-state index contributed by atoms with van der Waals surface area (Å²) < 4.78 is 5.39. The number of fused-ring (bicyclic) bond motifs is 1. The summed E-state index contributed by atoms with van der Waals surface area (Å²) in [5, 5.41) is 1.02. The van der Waals surface area contributed by atoms with Crippen LogP contribution in [0.2, 0.25) is 0 Å². The van der Waals surface area contributed by atoms with Crippen molar-refractivity contribution in [1.29, 1.82) is 0 Å². The zero-order chi connectivity index (χ0) is 17.8. The number of likely N-dealkylation sites (N-methyl/N-ethyl adjacent to an activating group) is 1. The van der Waals surface area contributed by atoms with Gasteiger partial charge in [0.2, 0.25) is 5.91 Å². The minimum Gasteiger partial charge on any atom is -0.494 e.